The van der Waals surface area contributed by atoms with Gasteiger partial charge in [-0.3, -0.25) is 15.0 Å². The van der Waals surface area contributed by atoms with Gasteiger partial charge in [0.05, 0.1) is 5.39 Å². The summed E-state index contributed by atoms with van der Waals surface area (Å²) in [5, 5.41) is 11.1. The molecular formula is C17H20N3O4S-. The van der Waals surface area contributed by atoms with Gasteiger partial charge in [0, 0.05) is 23.7 Å². The predicted molar refractivity (Wildman–Crippen MR) is 93.1 cm³/mol. The zero-order chi connectivity index (χ0) is 18.0. The molecule has 2 aromatic heterocycles. The Morgan fingerprint density at radius 3 is 2.76 bits per heavy atom. The smallest absolute Gasteiger partial charge is 0.281 e. The van der Waals surface area contributed by atoms with Gasteiger partial charge in [0.2, 0.25) is 5.91 Å². The van der Waals surface area contributed by atoms with Gasteiger partial charge in [-0.15, -0.1) is 11.3 Å². The molecule has 0 aromatic carbocycles. The lowest BCUT2D eigenvalue weighted by Crippen LogP contribution is -2.37. The third-order valence-electron chi connectivity index (χ3n) is 4.32. The SMILES string of the molecule is CCCc1nc2sc3c(c2c(=O)n1NC(=O)CCC(=O)[O-])CCCC3. The molecule has 0 bridgehead atoms. The van der Waals surface area contributed by atoms with Gasteiger partial charge >= 0.3 is 0 Å². The van der Waals surface area contributed by atoms with Crippen LogP contribution in [0.25, 0.3) is 10.2 Å². The number of nitrogens with zero attached hydrogens (tertiary/aromatic N) is 2. The number of fused-ring (bicyclic) bond motifs is 3. The molecule has 1 aliphatic carbocycles. The number of carboxylic acid groups (broad SMARTS) is 1. The molecule has 25 heavy (non-hydrogen) atoms. The van der Waals surface area contributed by atoms with E-state index in [1.54, 1.807) is 11.3 Å². The summed E-state index contributed by atoms with van der Waals surface area (Å²) >= 11 is 1.57. The Kier molecular flexibility index (Phi) is 5.17. The zero-order valence-electron chi connectivity index (χ0n) is 14.1. The highest BCUT2D eigenvalue weighted by Gasteiger charge is 2.22. The van der Waals surface area contributed by atoms with E-state index >= 15 is 0 Å². The summed E-state index contributed by atoms with van der Waals surface area (Å²) in [4.78, 5) is 42.1. The van der Waals surface area contributed by atoms with Crippen molar-refractivity contribution in [1.82, 2.24) is 9.66 Å². The largest absolute Gasteiger partial charge is 0.550 e. The van der Waals surface area contributed by atoms with Crippen molar-refractivity contribution in [1.29, 1.82) is 0 Å². The molecule has 0 unspecified atom stereocenters. The van der Waals surface area contributed by atoms with Crippen molar-refractivity contribution < 1.29 is 14.7 Å². The Morgan fingerprint density at radius 1 is 1.28 bits per heavy atom. The number of carbonyl (C=O) groups is 2. The summed E-state index contributed by atoms with van der Waals surface area (Å²) in [6.07, 6.45) is 4.71. The number of rotatable bonds is 6. The molecule has 1 N–H and O–H groups in total. The second kappa shape index (κ2) is 7.35. The van der Waals surface area contributed by atoms with Crippen LogP contribution in [0.2, 0.25) is 0 Å². The van der Waals surface area contributed by atoms with Crippen molar-refractivity contribution in [3.8, 4) is 0 Å². The maximum absolute atomic E-state index is 13.0. The van der Waals surface area contributed by atoms with Crippen LogP contribution < -0.4 is 16.1 Å². The van der Waals surface area contributed by atoms with Gasteiger partial charge in [-0.05, 0) is 44.1 Å². The topological polar surface area (TPSA) is 104 Å². The number of aryl methyl sites for hydroxylation is 3. The Labute approximate surface area is 148 Å². The molecule has 1 aliphatic rings. The molecule has 2 aromatic rings. The normalized spacial score (nSPS) is 13.6. The molecule has 0 atom stereocenters. The average molecular weight is 362 g/mol. The minimum Gasteiger partial charge on any atom is -0.550 e. The molecule has 0 saturated carbocycles. The Morgan fingerprint density at radius 2 is 2.04 bits per heavy atom. The number of carboxylic acids is 1. The number of amides is 1. The van der Waals surface area contributed by atoms with E-state index in [1.165, 1.54) is 9.55 Å². The average Bonchev–Trinajstić information content (AvgIpc) is 2.95. The first-order chi connectivity index (χ1) is 12.0. The number of carbonyl (C=O) groups excluding carboxylic acids is 2. The van der Waals surface area contributed by atoms with E-state index < -0.39 is 11.9 Å². The maximum atomic E-state index is 13.0. The van der Waals surface area contributed by atoms with E-state index in [4.69, 9.17) is 0 Å². The standard InChI is InChI=1S/C17H21N3O4S/c1-2-5-12-18-16-15(10-6-3-4-7-11(10)25-16)17(24)20(12)19-13(21)8-9-14(22)23/h2-9H2,1H3,(H,19,21)(H,22,23)/p-1. The molecule has 0 fully saturated rings. The maximum Gasteiger partial charge on any atom is 0.281 e. The monoisotopic (exact) mass is 362 g/mol. The third-order valence-corrected chi connectivity index (χ3v) is 5.51. The summed E-state index contributed by atoms with van der Waals surface area (Å²) in [5.41, 5.74) is 3.31. The lowest BCUT2D eigenvalue weighted by atomic mass is 9.97. The van der Waals surface area contributed by atoms with Crippen molar-refractivity contribution in [3.63, 3.8) is 0 Å². The first-order valence-electron chi connectivity index (χ1n) is 8.57. The van der Waals surface area contributed by atoms with Crippen LogP contribution in [0.5, 0.6) is 0 Å². The summed E-state index contributed by atoms with van der Waals surface area (Å²) in [6.45, 7) is 1.97. The second-order valence-electron chi connectivity index (χ2n) is 6.22. The van der Waals surface area contributed by atoms with Crippen molar-refractivity contribution >= 4 is 33.4 Å². The van der Waals surface area contributed by atoms with Crippen molar-refractivity contribution in [2.75, 3.05) is 5.43 Å². The Bertz CT molecular complexity index is 884. The van der Waals surface area contributed by atoms with Crippen LogP contribution in [0.4, 0.5) is 0 Å². The minimum atomic E-state index is -1.29. The molecule has 0 spiro atoms. The number of nitrogens with one attached hydrogen (secondary N) is 1. The zero-order valence-corrected chi connectivity index (χ0v) is 14.9. The van der Waals surface area contributed by atoms with Crippen LogP contribution in [0.3, 0.4) is 0 Å². The van der Waals surface area contributed by atoms with Gasteiger partial charge in [0.25, 0.3) is 5.56 Å². The summed E-state index contributed by atoms with van der Waals surface area (Å²) in [6, 6.07) is 0. The fourth-order valence-corrected chi connectivity index (χ4v) is 4.42. The Balaban J connectivity index is 2.04. The summed E-state index contributed by atoms with van der Waals surface area (Å²) in [5.74, 6) is -1.33. The second-order valence-corrected chi connectivity index (χ2v) is 7.30. The van der Waals surface area contributed by atoms with Crippen LogP contribution >= 0.6 is 11.3 Å². The first-order valence-corrected chi connectivity index (χ1v) is 9.38. The number of thiophene rings is 1. The molecule has 0 aliphatic heterocycles. The van der Waals surface area contributed by atoms with Gasteiger partial charge in [0.1, 0.15) is 10.7 Å². The van der Waals surface area contributed by atoms with Gasteiger partial charge < -0.3 is 9.90 Å². The highest BCUT2D eigenvalue weighted by Crippen LogP contribution is 2.33. The van der Waals surface area contributed by atoms with E-state index in [0.717, 1.165) is 42.5 Å². The first kappa shape index (κ1) is 17.6. The lowest BCUT2D eigenvalue weighted by Gasteiger charge is -2.14. The van der Waals surface area contributed by atoms with E-state index in [0.29, 0.717) is 17.6 Å². The predicted octanol–water partition coefficient (Wildman–Crippen LogP) is 0.889. The van der Waals surface area contributed by atoms with E-state index in [1.807, 2.05) is 6.92 Å². The van der Waals surface area contributed by atoms with Crippen molar-refractivity contribution in [2.24, 2.45) is 0 Å². The van der Waals surface area contributed by atoms with Crippen LogP contribution in [0.15, 0.2) is 4.79 Å². The molecule has 0 saturated heterocycles. The summed E-state index contributed by atoms with van der Waals surface area (Å²) < 4.78 is 1.20. The Hall–Kier alpha value is -2.22. The van der Waals surface area contributed by atoms with Crippen LogP contribution in [-0.2, 0) is 28.9 Å². The molecule has 3 rings (SSSR count). The van der Waals surface area contributed by atoms with Gasteiger partial charge in [-0.1, -0.05) is 6.92 Å². The molecule has 0 radical (unpaired) electrons. The van der Waals surface area contributed by atoms with E-state index in [-0.39, 0.29) is 18.4 Å². The quantitative estimate of drug-likeness (QED) is 0.822. The third kappa shape index (κ3) is 3.58. The number of hydrogen-bond acceptors (Lipinski definition) is 6. The molecular weight excluding hydrogens is 342 g/mol. The number of hydrogen-bond donors (Lipinski definition) is 1. The highest BCUT2D eigenvalue weighted by molar-refractivity contribution is 7.18. The number of aromatic nitrogens is 2. The molecule has 2 heterocycles. The molecule has 8 heteroatoms. The van der Waals surface area contributed by atoms with E-state index in [2.05, 4.69) is 10.4 Å². The lowest BCUT2D eigenvalue weighted by molar-refractivity contribution is -0.305. The van der Waals surface area contributed by atoms with Crippen molar-refractivity contribution in [3.05, 3.63) is 26.6 Å². The van der Waals surface area contributed by atoms with Gasteiger partial charge in [0.15, 0.2) is 0 Å². The van der Waals surface area contributed by atoms with Gasteiger partial charge in [-0.25, -0.2) is 9.66 Å². The fourth-order valence-electron chi connectivity index (χ4n) is 3.15. The van der Waals surface area contributed by atoms with Crippen molar-refractivity contribution in [2.45, 2.75) is 58.3 Å². The van der Waals surface area contributed by atoms with Crippen LogP contribution in [0, 0.1) is 0 Å². The molecule has 1 amide bonds. The van der Waals surface area contributed by atoms with Gasteiger partial charge in [-0.2, -0.15) is 0 Å². The van der Waals surface area contributed by atoms with Crippen LogP contribution in [0.1, 0.15) is 55.3 Å². The fraction of sp³-hybridized carbons (Fsp3) is 0.529. The number of aliphatic carboxylic acids is 1. The molecule has 134 valence electrons. The molecule has 7 nitrogen and oxygen atoms in total. The highest BCUT2D eigenvalue weighted by atomic mass is 32.1. The summed E-state index contributed by atoms with van der Waals surface area (Å²) in [7, 11) is 0. The minimum absolute atomic E-state index is 0.236. The van der Waals surface area contributed by atoms with E-state index in [9.17, 15) is 19.5 Å². The van der Waals surface area contributed by atoms with Crippen LogP contribution in [-0.4, -0.2) is 21.5 Å².